The number of rotatable bonds is 2. The minimum absolute atomic E-state index is 0.206. The van der Waals surface area contributed by atoms with Crippen LogP contribution in [0.3, 0.4) is 0 Å². The molecule has 1 aliphatic rings. The Hall–Kier alpha value is -0.570. The van der Waals surface area contributed by atoms with Crippen molar-refractivity contribution in [3.63, 3.8) is 0 Å². The topological polar surface area (TPSA) is 0 Å². The molecular weight excluding hydrogens is 319 g/mol. The van der Waals surface area contributed by atoms with E-state index in [4.69, 9.17) is 0 Å². The minimum atomic E-state index is 0.206. The van der Waals surface area contributed by atoms with E-state index in [0.717, 1.165) is 6.42 Å². The van der Waals surface area contributed by atoms with Gasteiger partial charge in [0, 0.05) is 3.57 Å². The van der Waals surface area contributed by atoms with Crippen molar-refractivity contribution in [3.8, 4) is 0 Å². The first-order valence-corrected chi connectivity index (χ1v) is 7.19. The molecule has 0 N–H and O–H groups in total. The molecule has 0 saturated heterocycles. The summed E-state index contributed by atoms with van der Waals surface area (Å²) in [4.78, 5) is 0. The summed E-state index contributed by atoms with van der Waals surface area (Å²) in [6.07, 6.45) is 8.12. The van der Waals surface area contributed by atoms with Gasteiger partial charge in [0.05, 0.1) is 0 Å². The van der Waals surface area contributed by atoms with Gasteiger partial charge in [-0.15, -0.1) is 0 Å². The van der Waals surface area contributed by atoms with Gasteiger partial charge < -0.3 is 0 Å². The summed E-state index contributed by atoms with van der Waals surface area (Å²) in [5, 5.41) is 0. The molecule has 0 aliphatic heterocycles. The van der Waals surface area contributed by atoms with Crippen LogP contribution in [-0.4, -0.2) is 0 Å². The smallest absolute Gasteiger partial charge is 0.0130 e. The average molecular weight is 338 g/mol. The molecule has 0 amide bonds. The summed E-state index contributed by atoms with van der Waals surface area (Å²) in [7, 11) is 0. The average Bonchev–Trinajstić information content (AvgIpc) is 2.30. The molecule has 2 rings (SSSR count). The standard InChI is InChI=1S/C16H19I/c1-12-4-6-13(7-5-12)16(2,3)14-8-10-15(17)11-9-14/h4-6,8-11,13H,7H2,1-3H3. The highest BCUT2D eigenvalue weighted by atomic mass is 127. The van der Waals surface area contributed by atoms with Gasteiger partial charge in [0.1, 0.15) is 0 Å². The lowest BCUT2D eigenvalue weighted by atomic mass is 9.70. The van der Waals surface area contributed by atoms with Gasteiger partial charge in [-0.1, -0.05) is 49.8 Å². The van der Waals surface area contributed by atoms with Gasteiger partial charge in [-0.2, -0.15) is 0 Å². The van der Waals surface area contributed by atoms with Gasteiger partial charge >= 0.3 is 0 Å². The lowest BCUT2D eigenvalue weighted by Crippen LogP contribution is -2.27. The second kappa shape index (κ2) is 4.97. The molecule has 0 spiro atoms. The second-order valence-corrected chi connectivity index (χ2v) is 6.62. The van der Waals surface area contributed by atoms with E-state index in [-0.39, 0.29) is 5.41 Å². The summed E-state index contributed by atoms with van der Waals surface area (Å²) in [5.41, 5.74) is 3.03. The van der Waals surface area contributed by atoms with E-state index in [0.29, 0.717) is 5.92 Å². The summed E-state index contributed by atoms with van der Waals surface area (Å²) in [6.45, 7) is 6.86. The Labute approximate surface area is 118 Å². The van der Waals surface area contributed by atoms with Crippen molar-refractivity contribution in [2.75, 3.05) is 0 Å². The molecule has 1 unspecified atom stereocenters. The third-order valence-electron chi connectivity index (χ3n) is 3.80. The zero-order valence-electron chi connectivity index (χ0n) is 10.7. The molecule has 0 heterocycles. The maximum Gasteiger partial charge on any atom is 0.0130 e. The van der Waals surface area contributed by atoms with E-state index in [1.807, 2.05) is 0 Å². The van der Waals surface area contributed by atoms with Crippen LogP contribution in [0, 0.1) is 9.49 Å². The van der Waals surface area contributed by atoms with Gasteiger partial charge in [0.15, 0.2) is 0 Å². The van der Waals surface area contributed by atoms with Gasteiger partial charge in [-0.3, -0.25) is 0 Å². The first kappa shape index (κ1) is 12.9. The van der Waals surface area contributed by atoms with Crippen molar-refractivity contribution >= 4 is 22.6 Å². The molecule has 17 heavy (non-hydrogen) atoms. The van der Waals surface area contributed by atoms with E-state index in [9.17, 15) is 0 Å². The van der Waals surface area contributed by atoms with E-state index < -0.39 is 0 Å². The fourth-order valence-electron chi connectivity index (χ4n) is 2.36. The third kappa shape index (κ3) is 2.82. The molecular formula is C16H19I. The highest BCUT2D eigenvalue weighted by Crippen LogP contribution is 2.37. The first-order chi connectivity index (χ1) is 8.00. The highest BCUT2D eigenvalue weighted by Gasteiger charge is 2.29. The monoisotopic (exact) mass is 338 g/mol. The Morgan fingerprint density at radius 3 is 2.35 bits per heavy atom. The Morgan fingerprint density at radius 1 is 1.18 bits per heavy atom. The molecule has 1 heteroatoms. The number of allylic oxidation sites excluding steroid dienone is 4. The minimum Gasteiger partial charge on any atom is -0.0810 e. The molecule has 0 nitrogen and oxygen atoms in total. The lowest BCUT2D eigenvalue weighted by Gasteiger charge is -2.34. The van der Waals surface area contributed by atoms with Gasteiger partial charge in [-0.05, 0) is 65.0 Å². The van der Waals surface area contributed by atoms with Gasteiger partial charge in [-0.25, -0.2) is 0 Å². The Kier molecular flexibility index (Phi) is 3.76. The van der Waals surface area contributed by atoms with Crippen molar-refractivity contribution in [1.82, 2.24) is 0 Å². The summed E-state index contributed by atoms with van der Waals surface area (Å²) in [5.74, 6) is 0.603. The molecule has 0 aromatic heterocycles. The fourth-order valence-corrected chi connectivity index (χ4v) is 2.72. The molecule has 1 aromatic carbocycles. The maximum atomic E-state index is 2.37. The molecule has 0 radical (unpaired) electrons. The normalized spacial score (nSPS) is 20.2. The van der Waals surface area contributed by atoms with Crippen LogP contribution in [0.1, 0.15) is 32.8 Å². The highest BCUT2D eigenvalue weighted by molar-refractivity contribution is 14.1. The third-order valence-corrected chi connectivity index (χ3v) is 4.52. The van der Waals surface area contributed by atoms with Gasteiger partial charge in [0.2, 0.25) is 0 Å². The number of halogens is 1. The maximum absolute atomic E-state index is 2.37. The van der Waals surface area contributed by atoms with Crippen molar-refractivity contribution < 1.29 is 0 Å². The van der Waals surface area contributed by atoms with E-state index in [1.165, 1.54) is 14.7 Å². The zero-order chi connectivity index (χ0) is 12.5. The lowest BCUT2D eigenvalue weighted by molar-refractivity contribution is 0.381. The Bertz CT molecular complexity index is 449. The predicted octanol–water partition coefficient (Wildman–Crippen LogP) is 5.09. The molecule has 90 valence electrons. The first-order valence-electron chi connectivity index (χ1n) is 6.11. The Balaban J connectivity index is 2.25. The molecule has 0 fully saturated rings. The van der Waals surface area contributed by atoms with E-state index in [1.54, 1.807) is 0 Å². The van der Waals surface area contributed by atoms with Crippen LogP contribution in [0.5, 0.6) is 0 Å². The number of hydrogen-bond donors (Lipinski definition) is 0. The van der Waals surface area contributed by atoms with E-state index >= 15 is 0 Å². The van der Waals surface area contributed by atoms with Crippen molar-refractivity contribution in [3.05, 3.63) is 57.2 Å². The number of hydrogen-bond acceptors (Lipinski definition) is 0. The largest absolute Gasteiger partial charge is 0.0810 e. The summed E-state index contributed by atoms with van der Waals surface area (Å²) < 4.78 is 1.30. The summed E-state index contributed by atoms with van der Waals surface area (Å²) in [6, 6.07) is 8.93. The quantitative estimate of drug-likeness (QED) is 0.659. The number of benzene rings is 1. The van der Waals surface area contributed by atoms with Crippen molar-refractivity contribution in [2.45, 2.75) is 32.6 Å². The van der Waals surface area contributed by atoms with Crippen LogP contribution in [0.15, 0.2) is 48.1 Å². The fraction of sp³-hybridized carbons (Fsp3) is 0.375. The van der Waals surface area contributed by atoms with Gasteiger partial charge in [0.25, 0.3) is 0 Å². The van der Waals surface area contributed by atoms with Crippen LogP contribution in [0.25, 0.3) is 0 Å². The van der Waals surface area contributed by atoms with Crippen LogP contribution in [0.2, 0.25) is 0 Å². The molecule has 0 saturated carbocycles. The summed E-state index contributed by atoms with van der Waals surface area (Å²) >= 11 is 2.36. The SMILES string of the molecule is CC1=CCC(C(C)(C)c2ccc(I)cc2)C=C1. The van der Waals surface area contributed by atoms with Crippen LogP contribution < -0.4 is 0 Å². The van der Waals surface area contributed by atoms with Crippen LogP contribution in [-0.2, 0) is 5.41 Å². The zero-order valence-corrected chi connectivity index (χ0v) is 12.9. The Morgan fingerprint density at radius 2 is 1.82 bits per heavy atom. The molecule has 0 bridgehead atoms. The van der Waals surface area contributed by atoms with E-state index in [2.05, 4.69) is 85.9 Å². The van der Waals surface area contributed by atoms with Crippen molar-refractivity contribution in [1.29, 1.82) is 0 Å². The molecule has 1 atom stereocenters. The van der Waals surface area contributed by atoms with Crippen LogP contribution in [0.4, 0.5) is 0 Å². The van der Waals surface area contributed by atoms with Crippen molar-refractivity contribution in [2.24, 2.45) is 5.92 Å². The molecule has 1 aliphatic carbocycles. The second-order valence-electron chi connectivity index (χ2n) is 5.38. The predicted molar refractivity (Wildman–Crippen MR) is 83.2 cm³/mol. The van der Waals surface area contributed by atoms with Crippen LogP contribution >= 0.6 is 22.6 Å². The molecule has 1 aromatic rings.